The molecule has 0 N–H and O–H groups in total. The number of ketones is 1. The van der Waals surface area contributed by atoms with E-state index in [1.54, 1.807) is 6.92 Å². The maximum Gasteiger partial charge on any atom is 0.330 e. The minimum Gasteiger partial charge on any atom is -0.466 e. The molecule has 0 aromatic rings. The predicted molar refractivity (Wildman–Crippen MR) is 49.3 cm³/mol. The zero-order chi connectivity index (χ0) is 10.3. The van der Waals surface area contributed by atoms with Crippen LogP contribution in [0.25, 0.3) is 0 Å². The number of methoxy groups -OCH3 is 1. The van der Waals surface area contributed by atoms with Gasteiger partial charge in [0.25, 0.3) is 5.12 Å². The van der Waals surface area contributed by atoms with Crippen molar-refractivity contribution in [3.63, 3.8) is 0 Å². The summed E-state index contributed by atoms with van der Waals surface area (Å²) in [7, 11) is 1.19. The van der Waals surface area contributed by atoms with Crippen molar-refractivity contribution in [2.75, 3.05) is 12.9 Å². The molecule has 0 radical (unpaired) electrons. The minimum atomic E-state index is -0.697. The van der Waals surface area contributed by atoms with Crippen LogP contribution in [-0.4, -0.2) is 29.7 Å². The number of esters is 1. The van der Waals surface area contributed by atoms with Crippen molar-refractivity contribution in [2.24, 2.45) is 0 Å². The third kappa shape index (κ3) is 5.19. The second-order valence-corrected chi connectivity index (χ2v) is 3.18. The van der Waals surface area contributed by atoms with Gasteiger partial charge in [-0.3, -0.25) is 9.59 Å². The van der Waals surface area contributed by atoms with Crippen molar-refractivity contribution >= 4 is 28.6 Å². The van der Waals surface area contributed by atoms with Crippen LogP contribution in [0.3, 0.4) is 0 Å². The average molecular weight is 202 g/mol. The van der Waals surface area contributed by atoms with E-state index in [1.807, 2.05) is 0 Å². The molecule has 0 saturated heterocycles. The molecule has 0 aromatic heterocycles. The maximum absolute atomic E-state index is 10.9. The fourth-order valence-corrected chi connectivity index (χ4v) is 0.955. The lowest BCUT2D eigenvalue weighted by Gasteiger charge is -1.91. The van der Waals surface area contributed by atoms with Gasteiger partial charge in [-0.05, 0) is 11.8 Å². The Kier molecular flexibility index (Phi) is 5.88. The predicted octanol–water partition coefficient (Wildman–Crippen LogP) is 0.564. The molecule has 0 saturated carbocycles. The summed E-state index contributed by atoms with van der Waals surface area (Å²) in [6, 6.07) is 0. The van der Waals surface area contributed by atoms with Crippen molar-refractivity contribution in [3.8, 4) is 0 Å². The average Bonchev–Trinajstić information content (AvgIpc) is 2.13. The van der Waals surface area contributed by atoms with Gasteiger partial charge in [-0.25, -0.2) is 4.79 Å². The molecule has 0 aliphatic heterocycles. The molecule has 0 aliphatic rings. The molecule has 0 amide bonds. The molecular formula is C8H10O4S. The number of carbonyl (C=O) groups excluding carboxylic acids is 3. The molecule has 5 heteroatoms. The molecule has 4 nitrogen and oxygen atoms in total. The standard InChI is InChI=1S/C8H10O4S/c1-3-13-8(11)6(9)4-5-7(10)12-2/h4-5H,3H2,1-2H3/b5-4+. The van der Waals surface area contributed by atoms with E-state index in [1.165, 1.54) is 7.11 Å². The molecule has 0 fully saturated rings. The largest absolute Gasteiger partial charge is 0.466 e. The third-order valence-electron chi connectivity index (χ3n) is 1.05. The first-order valence-electron chi connectivity index (χ1n) is 3.59. The number of thioether (sulfide) groups is 1. The molecule has 0 atom stereocenters. The van der Waals surface area contributed by atoms with Crippen LogP contribution in [0, 0.1) is 0 Å². The van der Waals surface area contributed by atoms with E-state index in [0.29, 0.717) is 5.75 Å². The first kappa shape index (κ1) is 11.9. The van der Waals surface area contributed by atoms with Gasteiger partial charge in [0.15, 0.2) is 0 Å². The highest BCUT2D eigenvalue weighted by Crippen LogP contribution is 2.01. The number of hydrogen-bond acceptors (Lipinski definition) is 5. The van der Waals surface area contributed by atoms with E-state index < -0.39 is 16.9 Å². The van der Waals surface area contributed by atoms with Crippen LogP contribution in [-0.2, 0) is 19.1 Å². The summed E-state index contributed by atoms with van der Waals surface area (Å²) in [5.41, 5.74) is 0. The van der Waals surface area contributed by atoms with E-state index >= 15 is 0 Å². The normalized spacial score (nSPS) is 10.0. The lowest BCUT2D eigenvalue weighted by Crippen LogP contribution is -2.07. The highest BCUT2D eigenvalue weighted by molar-refractivity contribution is 8.15. The van der Waals surface area contributed by atoms with Crippen molar-refractivity contribution in [1.29, 1.82) is 0 Å². The molecule has 0 unspecified atom stereocenters. The second kappa shape index (κ2) is 6.42. The molecule has 0 spiro atoms. The number of carbonyl (C=O) groups is 3. The van der Waals surface area contributed by atoms with Crippen LogP contribution in [0.5, 0.6) is 0 Å². The fraction of sp³-hybridized carbons (Fsp3) is 0.375. The SMILES string of the molecule is CCSC(=O)C(=O)/C=C/C(=O)OC. The Hall–Kier alpha value is -1.10. The molecule has 0 aliphatic carbocycles. The highest BCUT2D eigenvalue weighted by atomic mass is 32.2. The summed E-state index contributed by atoms with van der Waals surface area (Å²) in [4.78, 5) is 32.3. The minimum absolute atomic E-state index is 0.538. The Morgan fingerprint density at radius 3 is 2.38 bits per heavy atom. The first-order valence-corrected chi connectivity index (χ1v) is 4.57. The Balaban J connectivity index is 4.07. The smallest absolute Gasteiger partial charge is 0.330 e. The van der Waals surface area contributed by atoms with Gasteiger partial charge in [0.2, 0.25) is 5.78 Å². The molecule has 72 valence electrons. The highest BCUT2D eigenvalue weighted by Gasteiger charge is 2.09. The zero-order valence-corrected chi connectivity index (χ0v) is 8.22. The van der Waals surface area contributed by atoms with Gasteiger partial charge >= 0.3 is 5.97 Å². The molecule has 13 heavy (non-hydrogen) atoms. The molecule has 0 aromatic carbocycles. The van der Waals surface area contributed by atoms with Crippen LogP contribution in [0.4, 0.5) is 0 Å². The summed E-state index contributed by atoms with van der Waals surface area (Å²) < 4.78 is 4.24. The lowest BCUT2D eigenvalue weighted by molar-refractivity contribution is -0.135. The first-order chi connectivity index (χ1) is 6.11. The van der Waals surface area contributed by atoms with Crippen molar-refractivity contribution in [3.05, 3.63) is 12.2 Å². The van der Waals surface area contributed by atoms with Gasteiger partial charge in [0.05, 0.1) is 7.11 Å². The van der Waals surface area contributed by atoms with Crippen LogP contribution < -0.4 is 0 Å². The van der Waals surface area contributed by atoms with Crippen molar-refractivity contribution < 1.29 is 19.1 Å². The van der Waals surface area contributed by atoms with E-state index in [2.05, 4.69) is 4.74 Å². The van der Waals surface area contributed by atoms with Gasteiger partial charge in [-0.15, -0.1) is 0 Å². The Morgan fingerprint density at radius 2 is 1.92 bits per heavy atom. The van der Waals surface area contributed by atoms with Crippen LogP contribution >= 0.6 is 11.8 Å². The number of rotatable bonds is 4. The van der Waals surface area contributed by atoms with Crippen molar-refractivity contribution in [2.45, 2.75) is 6.92 Å². The van der Waals surface area contributed by atoms with E-state index in [4.69, 9.17) is 0 Å². The monoisotopic (exact) mass is 202 g/mol. The summed E-state index contributed by atoms with van der Waals surface area (Å²) in [6.45, 7) is 1.76. The van der Waals surface area contributed by atoms with E-state index in [9.17, 15) is 14.4 Å². The van der Waals surface area contributed by atoms with Crippen LogP contribution in [0.15, 0.2) is 12.2 Å². The van der Waals surface area contributed by atoms with Gasteiger partial charge in [-0.2, -0.15) is 0 Å². The van der Waals surface area contributed by atoms with E-state index in [-0.39, 0.29) is 0 Å². The summed E-state index contributed by atoms with van der Waals surface area (Å²) in [6.07, 6.45) is 1.84. The summed E-state index contributed by atoms with van der Waals surface area (Å²) in [5, 5.41) is -0.567. The second-order valence-electron chi connectivity index (χ2n) is 1.94. The fourth-order valence-electron chi connectivity index (χ4n) is 0.482. The number of hydrogen-bond donors (Lipinski definition) is 0. The van der Waals surface area contributed by atoms with Gasteiger partial charge < -0.3 is 4.74 Å². The zero-order valence-electron chi connectivity index (χ0n) is 7.40. The topological polar surface area (TPSA) is 60.4 Å². The molecule has 0 rings (SSSR count). The Bertz CT molecular complexity index is 245. The summed E-state index contributed by atoms with van der Waals surface area (Å²) in [5.74, 6) is -0.809. The van der Waals surface area contributed by atoms with Gasteiger partial charge in [0.1, 0.15) is 0 Å². The molecule has 0 heterocycles. The third-order valence-corrected chi connectivity index (χ3v) is 1.80. The maximum atomic E-state index is 10.9. The van der Waals surface area contributed by atoms with Crippen LogP contribution in [0.2, 0.25) is 0 Å². The number of allylic oxidation sites excluding steroid dienone is 1. The Labute approximate surface area is 80.3 Å². The molecular weight excluding hydrogens is 192 g/mol. The Morgan fingerprint density at radius 1 is 1.31 bits per heavy atom. The van der Waals surface area contributed by atoms with Gasteiger partial charge in [-0.1, -0.05) is 18.7 Å². The van der Waals surface area contributed by atoms with Crippen molar-refractivity contribution in [1.82, 2.24) is 0 Å². The van der Waals surface area contributed by atoms with Gasteiger partial charge in [0, 0.05) is 6.08 Å². The number of ether oxygens (including phenoxy) is 1. The van der Waals surface area contributed by atoms with E-state index in [0.717, 1.165) is 23.9 Å². The summed E-state index contributed by atoms with van der Waals surface area (Å²) >= 11 is 0.907. The lowest BCUT2D eigenvalue weighted by atomic mass is 10.4. The quantitative estimate of drug-likeness (QED) is 0.379. The molecule has 0 bridgehead atoms. The van der Waals surface area contributed by atoms with Crippen LogP contribution in [0.1, 0.15) is 6.92 Å².